The van der Waals surface area contributed by atoms with Crippen molar-refractivity contribution in [2.24, 2.45) is 5.92 Å². The van der Waals surface area contributed by atoms with Crippen LogP contribution in [0.2, 0.25) is 18.1 Å². The molecule has 0 amide bonds. The molecule has 0 spiro atoms. The topological polar surface area (TPSA) is 12.5 Å². The Bertz CT molecular complexity index is 377. The van der Waals surface area contributed by atoms with Crippen molar-refractivity contribution in [2.75, 3.05) is 6.54 Å². The summed E-state index contributed by atoms with van der Waals surface area (Å²) in [5.41, 5.74) is 0. The molecule has 0 unspecified atom stereocenters. The Labute approximate surface area is 131 Å². The van der Waals surface area contributed by atoms with Crippen LogP contribution in [0.15, 0.2) is 0 Å². The SMILES string of the molecule is C[C@@H](O[Si](C)(C)C(C)(C)C)[C@H]1C(=S)N2CCCCC[C@@H]12. The third kappa shape index (κ3) is 2.97. The maximum absolute atomic E-state index is 6.59. The van der Waals surface area contributed by atoms with E-state index < -0.39 is 8.32 Å². The number of thiocarbonyl (C=S) groups is 1. The van der Waals surface area contributed by atoms with Gasteiger partial charge in [0.2, 0.25) is 0 Å². The van der Waals surface area contributed by atoms with Gasteiger partial charge in [-0.15, -0.1) is 0 Å². The number of hydrogen-bond donors (Lipinski definition) is 0. The van der Waals surface area contributed by atoms with Gasteiger partial charge in [0, 0.05) is 12.6 Å². The molecule has 2 heterocycles. The minimum absolute atomic E-state index is 0.274. The molecule has 0 aromatic heterocycles. The zero-order valence-electron chi connectivity index (χ0n) is 14.0. The summed E-state index contributed by atoms with van der Waals surface area (Å²) in [5.74, 6) is 0.484. The fourth-order valence-corrected chi connectivity index (χ4v) is 5.29. The Morgan fingerprint density at radius 1 is 1.25 bits per heavy atom. The molecule has 0 aromatic rings. The Hall–Kier alpha value is 0.0669. The molecule has 2 fully saturated rings. The predicted octanol–water partition coefficient (Wildman–Crippen LogP) is 4.60. The van der Waals surface area contributed by atoms with Crippen molar-refractivity contribution < 1.29 is 4.43 Å². The van der Waals surface area contributed by atoms with Crippen LogP contribution in [0.5, 0.6) is 0 Å². The van der Waals surface area contributed by atoms with E-state index in [-0.39, 0.29) is 11.1 Å². The normalized spacial score (nSPS) is 29.5. The molecule has 2 saturated heterocycles. The maximum Gasteiger partial charge on any atom is 0.192 e. The van der Waals surface area contributed by atoms with E-state index in [0.717, 1.165) is 0 Å². The second-order valence-electron chi connectivity index (χ2n) is 8.06. The fraction of sp³-hybridized carbons (Fsp3) is 0.938. The first-order valence-electron chi connectivity index (χ1n) is 8.13. The van der Waals surface area contributed by atoms with E-state index in [1.54, 1.807) is 0 Å². The molecule has 0 saturated carbocycles. The van der Waals surface area contributed by atoms with Crippen LogP contribution in [0.25, 0.3) is 0 Å². The lowest BCUT2D eigenvalue weighted by Gasteiger charge is -2.53. The molecular formula is C16H31NOSSi. The minimum Gasteiger partial charge on any atom is -0.413 e. The van der Waals surface area contributed by atoms with Gasteiger partial charge in [0.25, 0.3) is 0 Å². The van der Waals surface area contributed by atoms with Crippen LogP contribution >= 0.6 is 12.2 Å². The van der Waals surface area contributed by atoms with Gasteiger partial charge in [0.1, 0.15) is 0 Å². The molecule has 20 heavy (non-hydrogen) atoms. The molecule has 2 nitrogen and oxygen atoms in total. The lowest BCUT2D eigenvalue weighted by Crippen LogP contribution is -2.64. The monoisotopic (exact) mass is 313 g/mol. The zero-order valence-corrected chi connectivity index (χ0v) is 15.8. The minimum atomic E-state index is -1.69. The molecule has 0 bridgehead atoms. The molecule has 0 radical (unpaired) electrons. The number of fused-ring (bicyclic) bond motifs is 1. The van der Waals surface area contributed by atoms with Crippen LogP contribution < -0.4 is 0 Å². The van der Waals surface area contributed by atoms with Crippen LogP contribution in [0.1, 0.15) is 53.4 Å². The van der Waals surface area contributed by atoms with Crippen LogP contribution in [0.4, 0.5) is 0 Å². The third-order valence-corrected chi connectivity index (χ3v) is 10.7. The van der Waals surface area contributed by atoms with E-state index in [1.807, 2.05) is 0 Å². The first kappa shape index (κ1) is 16.4. The molecule has 2 rings (SSSR count). The Balaban J connectivity index is 2.03. The first-order chi connectivity index (χ1) is 9.15. The van der Waals surface area contributed by atoms with Crippen molar-refractivity contribution in [3.05, 3.63) is 0 Å². The van der Waals surface area contributed by atoms with Crippen LogP contribution in [-0.4, -0.2) is 36.9 Å². The fourth-order valence-electron chi connectivity index (χ4n) is 3.28. The van der Waals surface area contributed by atoms with Crippen molar-refractivity contribution in [1.29, 1.82) is 0 Å². The molecule has 0 aliphatic carbocycles. The van der Waals surface area contributed by atoms with Gasteiger partial charge in [-0.25, -0.2) is 0 Å². The third-order valence-electron chi connectivity index (χ3n) is 5.57. The van der Waals surface area contributed by atoms with Gasteiger partial charge in [-0.3, -0.25) is 0 Å². The van der Waals surface area contributed by atoms with Crippen molar-refractivity contribution in [3.8, 4) is 0 Å². The average Bonchev–Trinajstić information content (AvgIpc) is 2.49. The molecule has 0 aromatic carbocycles. The van der Waals surface area contributed by atoms with Crippen molar-refractivity contribution in [2.45, 2.75) is 83.7 Å². The number of hydrogen-bond acceptors (Lipinski definition) is 2. The van der Waals surface area contributed by atoms with Gasteiger partial charge in [0.15, 0.2) is 8.32 Å². The van der Waals surface area contributed by atoms with Crippen molar-refractivity contribution in [3.63, 3.8) is 0 Å². The first-order valence-corrected chi connectivity index (χ1v) is 11.4. The Kier molecular flexibility index (Phi) is 4.68. The van der Waals surface area contributed by atoms with E-state index in [2.05, 4.69) is 45.7 Å². The number of rotatable bonds is 3. The second-order valence-corrected chi connectivity index (χ2v) is 13.2. The number of nitrogens with zero attached hydrogens (tertiary/aromatic N) is 1. The van der Waals surface area contributed by atoms with E-state index in [9.17, 15) is 0 Å². The smallest absolute Gasteiger partial charge is 0.192 e. The molecule has 2 aliphatic heterocycles. The lowest BCUT2D eigenvalue weighted by molar-refractivity contribution is 0.0693. The second kappa shape index (κ2) is 5.69. The van der Waals surface area contributed by atoms with Gasteiger partial charge >= 0.3 is 0 Å². The van der Waals surface area contributed by atoms with Crippen molar-refractivity contribution in [1.82, 2.24) is 4.90 Å². The molecule has 2 aliphatic rings. The molecule has 4 heteroatoms. The Morgan fingerprint density at radius 3 is 2.50 bits per heavy atom. The van der Waals surface area contributed by atoms with Crippen molar-refractivity contribution >= 4 is 25.5 Å². The lowest BCUT2D eigenvalue weighted by atomic mass is 9.82. The van der Waals surface area contributed by atoms with Gasteiger partial charge in [-0.2, -0.15) is 0 Å². The summed E-state index contributed by atoms with van der Waals surface area (Å²) in [7, 11) is -1.69. The zero-order chi connectivity index (χ0) is 15.1. The van der Waals surface area contributed by atoms with Gasteiger partial charge < -0.3 is 9.33 Å². The summed E-state index contributed by atoms with van der Waals surface area (Å²) < 4.78 is 6.59. The highest BCUT2D eigenvalue weighted by molar-refractivity contribution is 7.80. The van der Waals surface area contributed by atoms with E-state index >= 15 is 0 Å². The van der Waals surface area contributed by atoms with Gasteiger partial charge in [-0.05, 0) is 37.9 Å². The highest BCUT2D eigenvalue weighted by Gasteiger charge is 2.49. The van der Waals surface area contributed by atoms with Crippen LogP contribution in [-0.2, 0) is 4.43 Å². The predicted molar refractivity (Wildman–Crippen MR) is 92.8 cm³/mol. The summed E-state index contributed by atoms with van der Waals surface area (Å²) in [6.45, 7) is 15.0. The van der Waals surface area contributed by atoms with Crippen LogP contribution in [0, 0.1) is 5.92 Å². The molecule has 3 atom stereocenters. The summed E-state index contributed by atoms with van der Waals surface area (Å²) >= 11 is 5.68. The molecule has 0 N–H and O–H groups in total. The highest BCUT2D eigenvalue weighted by atomic mass is 32.1. The van der Waals surface area contributed by atoms with Gasteiger partial charge in [0.05, 0.1) is 17.0 Å². The van der Waals surface area contributed by atoms with E-state index in [4.69, 9.17) is 16.6 Å². The van der Waals surface area contributed by atoms with Gasteiger partial charge in [-0.1, -0.05) is 45.8 Å². The van der Waals surface area contributed by atoms with E-state index in [1.165, 1.54) is 37.2 Å². The quantitative estimate of drug-likeness (QED) is 0.558. The van der Waals surface area contributed by atoms with Crippen LogP contribution in [0.3, 0.4) is 0 Å². The summed E-state index contributed by atoms with van der Waals surface area (Å²) in [5, 5.41) is 0.274. The molecular weight excluding hydrogens is 282 g/mol. The Morgan fingerprint density at radius 2 is 1.90 bits per heavy atom. The standard InChI is InChI=1S/C16H31NOSSi/c1-12(18-20(5,6)16(2,3)4)14-13-10-8-7-9-11-17(13)15(14)19/h12-14H,7-11H2,1-6H3/t12-,13+,14-/m1/s1. The molecule has 116 valence electrons. The largest absolute Gasteiger partial charge is 0.413 e. The summed E-state index contributed by atoms with van der Waals surface area (Å²) in [6, 6.07) is 0.657. The average molecular weight is 314 g/mol. The highest BCUT2D eigenvalue weighted by Crippen LogP contribution is 2.42. The maximum atomic E-state index is 6.59. The summed E-state index contributed by atoms with van der Waals surface area (Å²) in [6.07, 6.45) is 5.60. The summed E-state index contributed by atoms with van der Waals surface area (Å²) in [4.78, 5) is 3.64. The van der Waals surface area contributed by atoms with E-state index in [0.29, 0.717) is 12.0 Å².